The quantitative estimate of drug-likeness (QED) is 0.186. The van der Waals surface area contributed by atoms with E-state index in [9.17, 15) is 16.8 Å². The zero-order valence-electron chi connectivity index (χ0n) is 17.9. The number of hydrogen-bond donors (Lipinski definition) is 0. The third-order valence-electron chi connectivity index (χ3n) is 5.33. The third kappa shape index (κ3) is 9.00. The third-order valence-corrected chi connectivity index (χ3v) is 9.99. The molecule has 0 aromatic rings. The minimum atomic E-state index is -2.93. The van der Waals surface area contributed by atoms with Crippen LogP contribution in [0.25, 0.3) is 0 Å². The average Bonchev–Trinajstić information content (AvgIpc) is 3.05. The van der Waals surface area contributed by atoms with Crippen molar-refractivity contribution in [2.75, 3.05) is 36.1 Å². The average molecular weight is 641 g/mol. The van der Waals surface area contributed by atoms with Gasteiger partial charge in [-0.25, -0.2) is 16.8 Å². The molecule has 0 amide bonds. The molecule has 2 aliphatic heterocycles. The Bertz CT molecular complexity index is 834. The van der Waals surface area contributed by atoms with E-state index in [1.54, 1.807) is 22.0 Å². The summed E-state index contributed by atoms with van der Waals surface area (Å²) in [4.78, 5) is 3.55. The Morgan fingerprint density at radius 2 is 1.16 bits per heavy atom. The van der Waals surface area contributed by atoms with Crippen molar-refractivity contribution in [3.63, 3.8) is 0 Å². The van der Waals surface area contributed by atoms with Gasteiger partial charge in [0.2, 0.25) is 0 Å². The van der Waals surface area contributed by atoms with Gasteiger partial charge in [0.05, 0.1) is 34.1 Å². The van der Waals surface area contributed by atoms with Crippen LogP contribution in [-0.2, 0) is 72.2 Å². The summed E-state index contributed by atoms with van der Waals surface area (Å²) in [5, 5.41) is 0. The first-order valence-corrected chi connectivity index (χ1v) is 14.5. The molecule has 0 aromatic carbocycles. The maximum absolute atomic E-state index is 11.4. The number of sulfone groups is 2. The SMILES string of the molecule is C=CCN(C(=S)[S-])C1(C)CCS(=O)(=O)C1.C=CCN(C(=S)[S-])C1(C)CCS(=O)(=O)C1.[Cd+2]. The van der Waals surface area contributed by atoms with Crippen LogP contribution in [-0.4, -0.2) is 82.5 Å². The molecule has 0 aromatic heterocycles. The normalized spacial score (nSPS) is 27.7. The van der Waals surface area contributed by atoms with E-state index in [-0.39, 0.29) is 50.3 Å². The predicted molar refractivity (Wildman–Crippen MR) is 137 cm³/mol. The van der Waals surface area contributed by atoms with E-state index in [2.05, 4.69) is 13.2 Å². The molecule has 172 valence electrons. The van der Waals surface area contributed by atoms with Crippen LogP contribution in [0.4, 0.5) is 0 Å². The van der Waals surface area contributed by atoms with Gasteiger partial charge in [-0.1, -0.05) is 20.8 Å². The zero-order valence-corrected chi connectivity index (χ0v) is 26.8. The van der Waals surface area contributed by atoms with Gasteiger partial charge in [-0.15, -0.1) is 13.2 Å². The van der Waals surface area contributed by atoms with Crippen molar-refractivity contribution in [3.05, 3.63) is 25.3 Å². The van der Waals surface area contributed by atoms with Crippen molar-refractivity contribution in [1.29, 1.82) is 0 Å². The molecule has 2 heterocycles. The van der Waals surface area contributed by atoms with Crippen LogP contribution < -0.4 is 0 Å². The zero-order chi connectivity index (χ0) is 23.4. The van der Waals surface area contributed by atoms with Crippen LogP contribution >= 0.6 is 24.4 Å². The van der Waals surface area contributed by atoms with Crippen molar-refractivity contribution >= 4 is 78.0 Å². The fourth-order valence-corrected chi connectivity index (χ4v) is 9.17. The van der Waals surface area contributed by atoms with E-state index in [0.29, 0.717) is 34.6 Å². The van der Waals surface area contributed by atoms with Gasteiger partial charge in [0.1, 0.15) is 0 Å². The topological polar surface area (TPSA) is 74.8 Å². The molecular weight excluding hydrogens is 613 g/mol. The first-order valence-electron chi connectivity index (χ1n) is 9.21. The number of hydrogen-bond acceptors (Lipinski definition) is 8. The Labute approximate surface area is 229 Å². The Balaban J connectivity index is 0.000000562. The first-order chi connectivity index (χ1) is 13.6. The number of rotatable bonds is 6. The molecule has 0 aliphatic carbocycles. The van der Waals surface area contributed by atoms with E-state index in [1.807, 2.05) is 13.8 Å². The molecule has 13 heteroatoms. The van der Waals surface area contributed by atoms with Gasteiger partial charge in [-0.05, 0) is 26.7 Å². The van der Waals surface area contributed by atoms with Gasteiger partial charge in [0.25, 0.3) is 0 Å². The molecule has 2 fully saturated rings. The van der Waals surface area contributed by atoms with Crippen molar-refractivity contribution in [3.8, 4) is 0 Å². The standard InChI is InChI=1S/2C9H15NO2S3.Cd/c2*1-3-5-10(8(13)14)9(2)4-6-15(11,12)7-9;/h2*3H,1,4-7H2,2H3,(H,13,14);/q;;+2/p-2. The van der Waals surface area contributed by atoms with Gasteiger partial charge in [0.15, 0.2) is 19.7 Å². The monoisotopic (exact) mass is 642 g/mol. The Morgan fingerprint density at radius 1 is 0.871 bits per heavy atom. The largest absolute Gasteiger partial charge is 2.00 e. The van der Waals surface area contributed by atoms with E-state index in [0.717, 1.165) is 0 Å². The van der Waals surface area contributed by atoms with E-state index in [4.69, 9.17) is 49.7 Å². The van der Waals surface area contributed by atoms with Crippen LogP contribution in [0, 0.1) is 0 Å². The first kappa shape index (κ1) is 31.5. The summed E-state index contributed by atoms with van der Waals surface area (Å²) in [7, 11) is -5.87. The maximum Gasteiger partial charge on any atom is 2.00 e. The maximum atomic E-state index is 11.4. The molecule has 0 bridgehead atoms. The van der Waals surface area contributed by atoms with Gasteiger partial charge in [0, 0.05) is 13.1 Å². The second kappa shape index (κ2) is 12.3. The number of nitrogens with zero attached hydrogens (tertiary/aromatic N) is 2. The van der Waals surface area contributed by atoms with Crippen LogP contribution in [0.5, 0.6) is 0 Å². The summed E-state index contributed by atoms with van der Waals surface area (Å²) in [5.74, 6) is 0.694. The Hall–Kier alpha value is 0.522. The molecule has 6 nitrogen and oxygen atoms in total. The molecule has 0 spiro atoms. The summed E-state index contributed by atoms with van der Waals surface area (Å²) in [6.45, 7) is 12.0. The van der Waals surface area contributed by atoms with Gasteiger partial charge < -0.3 is 59.5 Å². The second-order valence-electron chi connectivity index (χ2n) is 8.01. The van der Waals surface area contributed by atoms with Gasteiger partial charge >= 0.3 is 27.3 Å². The van der Waals surface area contributed by atoms with Crippen LogP contribution in [0.1, 0.15) is 26.7 Å². The molecular formula is C18H28CdN2O4S6. The summed E-state index contributed by atoms with van der Waals surface area (Å²) >= 11 is 19.9. The molecule has 31 heavy (non-hydrogen) atoms. The van der Waals surface area contributed by atoms with Crippen molar-refractivity contribution in [2.45, 2.75) is 37.8 Å². The Morgan fingerprint density at radius 3 is 1.32 bits per heavy atom. The van der Waals surface area contributed by atoms with Gasteiger partial charge in [-0.3, -0.25) is 0 Å². The fraction of sp³-hybridized carbons (Fsp3) is 0.667. The number of thiocarbonyl (C=S) groups is 2. The van der Waals surface area contributed by atoms with Crippen LogP contribution in [0.15, 0.2) is 25.3 Å². The van der Waals surface area contributed by atoms with Crippen molar-refractivity contribution in [2.24, 2.45) is 0 Å². The molecule has 0 radical (unpaired) electrons. The van der Waals surface area contributed by atoms with Gasteiger partial charge in [-0.2, -0.15) is 0 Å². The molecule has 2 saturated heterocycles. The molecule has 2 rings (SSSR count). The molecule has 2 atom stereocenters. The summed E-state index contributed by atoms with van der Waals surface area (Å²) in [6, 6.07) is 0. The van der Waals surface area contributed by atoms with Crippen molar-refractivity contribution in [1.82, 2.24) is 9.80 Å². The van der Waals surface area contributed by atoms with E-state index >= 15 is 0 Å². The predicted octanol–water partition coefficient (Wildman–Crippen LogP) is 1.76. The van der Waals surface area contributed by atoms with E-state index in [1.165, 1.54) is 0 Å². The molecule has 0 N–H and O–H groups in total. The fourth-order valence-electron chi connectivity index (χ4n) is 3.70. The smallest absolute Gasteiger partial charge is 0.411 e. The molecule has 2 aliphatic rings. The minimum Gasteiger partial charge on any atom is -0.411 e. The minimum absolute atomic E-state index is 0. The summed E-state index contributed by atoms with van der Waals surface area (Å²) in [6.07, 6.45) is 4.55. The summed E-state index contributed by atoms with van der Waals surface area (Å²) in [5.41, 5.74) is -0.905. The second-order valence-corrected chi connectivity index (χ2v) is 14.4. The molecule has 0 saturated carbocycles. The van der Waals surface area contributed by atoms with Crippen LogP contribution in [0.2, 0.25) is 0 Å². The summed E-state index contributed by atoms with van der Waals surface area (Å²) < 4.78 is 46.4. The molecule has 2 unspecified atom stereocenters. The van der Waals surface area contributed by atoms with E-state index < -0.39 is 30.8 Å². The van der Waals surface area contributed by atoms with Crippen LogP contribution in [0.3, 0.4) is 0 Å². The Kier molecular flexibility index (Phi) is 12.5. The van der Waals surface area contributed by atoms with Crippen molar-refractivity contribution < 1.29 is 44.1 Å².